The topological polar surface area (TPSA) is 327 Å². The van der Waals surface area contributed by atoms with E-state index in [-0.39, 0.29) is 63.4 Å². The summed E-state index contributed by atoms with van der Waals surface area (Å²) < 4.78 is 29.6. The van der Waals surface area contributed by atoms with E-state index in [1.807, 2.05) is 156 Å². The number of nitrogens with one attached hydrogen (secondary N) is 3. The number of para-hydroxylation sites is 2. The number of sulfonamides is 1. The zero-order valence-electron chi connectivity index (χ0n) is 83.1. The fourth-order valence-electron chi connectivity index (χ4n) is 18.2. The minimum absolute atomic E-state index is 0.00712. The van der Waals surface area contributed by atoms with Gasteiger partial charge in [0, 0.05) is 159 Å². The van der Waals surface area contributed by atoms with Crippen molar-refractivity contribution in [1.82, 2.24) is 58.3 Å². The van der Waals surface area contributed by atoms with Gasteiger partial charge in [-0.15, -0.1) is 0 Å². The van der Waals surface area contributed by atoms with Gasteiger partial charge in [-0.2, -0.15) is 0 Å². The van der Waals surface area contributed by atoms with Crippen LogP contribution < -0.4 is 26.8 Å². The van der Waals surface area contributed by atoms with Crippen molar-refractivity contribution < 1.29 is 37.2 Å². The number of hydrogen-bond acceptors (Lipinski definition) is 17. The molecule has 3 fully saturated rings. The lowest BCUT2D eigenvalue weighted by atomic mass is 9.80. The summed E-state index contributed by atoms with van der Waals surface area (Å²) in [5, 5.41) is 9.19. The number of benzene rings is 6. The Hall–Kier alpha value is -12.0. The maximum Gasteiger partial charge on any atom is 0.253 e. The number of hydrogen-bond donors (Lipinski definition) is 5. The van der Waals surface area contributed by atoms with E-state index in [0.717, 1.165) is 272 Å². The number of amidine groups is 2. The molecular weight excluding hydrogens is 1710 g/mol. The van der Waals surface area contributed by atoms with Crippen molar-refractivity contribution >= 4 is 136 Å². The van der Waals surface area contributed by atoms with Crippen LogP contribution in [0, 0.1) is 11.3 Å². The minimum atomic E-state index is -3.14. The number of imidazole rings is 2. The highest BCUT2D eigenvalue weighted by Crippen LogP contribution is 2.40. The van der Waals surface area contributed by atoms with Crippen molar-refractivity contribution in [2.75, 3.05) is 81.5 Å². The highest BCUT2D eigenvalue weighted by Gasteiger charge is 2.44. The number of nitrogens with two attached hydrogens (primary N) is 2. The third kappa shape index (κ3) is 26.2. The van der Waals surface area contributed by atoms with Crippen LogP contribution in [0.4, 0.5) is 23.0 Å². The Morgan fingerprint density at radius 2 is 1.07 bits per heavy atom. The maximum absolute atomic E-state index is 13.6. The van der Waals surface area contributed by atoms with Gasteiger partial charge in [-0.3, -0.25) is 38.7 Å². The first-order chi connectivity index (χ1) is 64.2. The van der Waals surface area contributed by atoms with Crippen LogP contribution in [-0.2, 0) is 55.1 Å². The molecule has 27 heteroatoms. The Bertz CT molecular complexity index is 6180. The molecule has 1 atom stereocenters. The average Bonchev–Trinajstić information content (AvgIpc) is 1.62. The van der Waals surface area contributed by atoms with Crippen molar-refractivity contribution in [1.29, 1.82) is 0 Å². The van der Waals surface area contributed by atoms with Gasteiger partial charge in [0.1, 0.15) is 34.4 Å². The molecule has 26 nitrogen and oxygen atoms in total. The predicted octanol–water partition coefficient (Wildman–Crippen LogP) is 20.4. The van der Waals surface area contributed by atoms with Crippen LogP contribution in [0.2, 0.25) is 0 Å². The Kier molecular flexibility index (Phi) is 33.7. The van der Waals surface area contributed by atoms with E-state index in [0.29, 0.717) is 61.7 Å². The Balaban J connectivity index is 0.000000163. The molecule has 15 rings (SSSR count). The number of unbranched alkanes of at least 4 members (excludes halogenated alkanes) is 3. The zero-order valence-corrected chi connectivity index (χ0v) is 83.9. The highest BCUT2D eigenvalue weighted by atomic mass is 32.2. The van der Waals surface area contributed by atoms with E-state index in [2.05, 4.69) is 162 Å². The van der Waals surface area contributed by atoms with Crippen LogP contribution in [0.5, 0.6) is 0 Å². The van der Waals surface area contributed by atoms with E-state index in [9.17, 15) is 37.2 Å². The fraction of sp³-hybridized carbons (Fsp3) is 0.481. The third-order valence-electron chi connectivity index (χ3n) is 24.9. The molecule has 6 aromatic carbocycles. The van der Waals surface area contributed by atoms with Crippen LogP contribution in [0.1, 0.15) is 264 Å². The number of anilines is 3. The van der Waals surface area contributed by atoms with Crippen LogP contribution in [0.25, 0.3) is 78.3 Å². The molecule has 0 bridgehead atoms. The number of nitrogens with zero attached hydrogens (tertiary/aromatic N) is 13. The van der Waals surface area contributed by atoms with Gasteiger partial charge in [0.15, 0.2) is 11.6 Å². The van der Waals surface area contributed by atoms with Gasteiger partial charge in [-0.05, 0) is 233 Å². The highest BCUT2D eigenvalue weighted by molar-refractivity contribution is 7.88. The number of aromatic nitrogens is 6. The quantitative estimate of drug-likeness (QED) is 0.0225. The molecule has 10 aromatic rings. The summed E-state index contributed by atoms with van der Waals surface area (Å²) >= 11 is 0. The number of carbonyl (C=O) groups is 6. The monoisotopic (exact) mass is 1850 g/mol. The van der Waals surface area contributed by atoms with Crippen LogP contribution in [0.3, 0.4) is 0 Å². The van der Waals surface area contributed by atoms with E-state index in [4.69, 9.17) is 31.4 Å². The minimum Gasteiger partial charge on any atom is -0.387 e. The van der Waals surface area contributed by atoms with Crippen molar-refractivity contribution in [3.8, 4) is 22.3 Å². The molecule has 9 heterocycles. The van der Waals surface area contributed by atoms with Gasteiger partial charge in [0.2, 0.25) is 27.7 Å². The number of imide groups is 1. The lowest BCUT2D eigenvalue weighted by Crippen LogP contribution is -2.46. The summed E-state index contributed by atoms with van der Waals surface area (Å²) in [6.07, 6.45) is 20.4. The second-order valence-corrected chi connectivity index (χ2v) is 42.3. The second kappa shape index (κ2) is 44.7. The van der Waals surface area contributed by atoms with E-state index >= 15 is 0 Å². The van der Waals surface area contributed by atoms with Crippen LogP contribution >= 0.6 is 0 Å². The number of nitrogen functional groups attached to an aromatic ring is 1. The number of likely N-dealkylation sites (tertiary alicyclic amines) is 3. The van der Waals surface area contributed by atoms with Crippen LogP contribution in [0.15, 0.2) is 155 Å². The predicted molar refractivity (Wildman–Crippen MR) is 552 cm³/mol. The van der Waals surface area contributed by atoms with Crippen LogP contribution in [-0.4, -0.2) is 191 Å². The second-order valence-electron chi connectivity index (χ2n) is 40.5. The summed E-state index contributed by atoms with van der Waals surface area (Å²) in [4.78, 5) is 116. The lowest BCUT2D eigenvalue weighted by molar-refractivity contribution is -0.140. The number of amides is 6. The molecule has 0 radical (unpaired) electrons. The molecule has 7 N–H and O–H groups in total. The standard InChI is InChI=1S/C32H42N4O2.C29H36N4O2.C26H35N5O2.C21H31N5O2S/c1-6-16-35(17-7-2)31(38)27-20-26-15-14-25(21-28(26)33-29(22-27)34-32(3,4)5)23-10-12-24(13-11-23)30(37)36-18-8-9-19-36;1-5-14-33(29(2,3)4)28(35)24-17-23-13-12-22(18-25(23)31-26(30)19-24)20-8-10-21(11-9-20)27(34)32-15-6-7-16-32;1-5-6-13-20-29-22-23(17-11-7-8-12-19(17)28-24(22)27)30(20)14-9-10-15-31-21(32)16-18(25(31)33)26(2,3)4;1-6-17-24-18-19(26(17)14-10-9-13-22-29(5,27)28)15-11-7-8-12-16(15)23-20(18)25-21(2,3)4/h10-15,20-21H,6-9,16-19,22H2,1-5H3,(H,33,34);8-13,17-18H,5-7,14-16,19H2,1-4H3,(H2,30,31);7-8,11-12,18H,5-6,9-10,13-16H2,1-4H3,(H2,27,28);7-8,11-12,22H,6,9-10,13-14H2,1-5H3,(H,23,25). The van der Waals surface area contributed by atoms with Gasteiger partial charge in [0.05, 0.1) is 45.5 Å². The van der Waals surface area contributed by atoms with Gasteiger partial charge in [0.25, 0.3) is 17.7 Å². The first kappa shape index (κ1) is 102. The molecule has 1 unspecified atom stereocenters. The summed E-state index contributed by atoms with van der Waals surface area (Å²) in [5.41, 5.74) is 27.8. The molecule has 0 spiro atoms. The number of aliphatic imine (C=N–C) groups is 2. The number of pyridine rings is 2. The van der Waals surface area contributed by atoms with Crippen molar-refractivity contribution in [3.05, 3.63) is 179 Å². The van der Waals surface area contributed by atoms with E-state index in [1.54, 1.807) is 0 Å². The maximum atomic E-state index is 13.6. The Morgan fingerprint density at radius 3 is 1.60 bits per heavy atom. The van der Waals surface area contributed by atoms with Crippen molar-refractivity contribution in [3.63, 3.8) is 0 Å². The molecule has 6 amide bonds. The fourth-order valence-corrected chi connectivity index (χ4v) is 18.7. The van der Waals surface area contributed by atoms with Gasteiger partial charge >= 0.3 is 0 Å². The summed E-state index contributed by atoms with van der Waals surface area (Å²) in [6.45, 7) is 43.4. The SMILES string of the molecule is CCCCc1nc2c(N)nc3ccccc3c2n1CCCCN1C(=O)CC(C(C)(C)C)C1=O.CCCN(C(=O)C1=Cc2ccc(-c3ccc(C(=O)N4CCCC4)cc3)cc2N=C(N)C1)C(C)(C)C.CCCN(CCC)C(=O)C1=Cc2ccc(-c3ccc(C(=O)N4CCCC4)cc3)cc2NC(=NC(C)(C)C)C1.CCc1nc2c(NC(C)(C)C)nc3ccccc3c2n1CCCCNS(C)(=O)=O. The third-order valence-corrected chi connectivity index (χ3v) is 25.6. The zero-order chi connectivity index (χ0) is 97.4. The molecule has 3 saturated heterocycles. The number of aryl methyl sites for hydroxylation is 4. The summed E-state index contributed by atoms with van der Waals surface area (Å²) in [5.74, 6) is 4.57. The number of rotatable bonds is 28. The summed E-state index contributed by atoms with van der Waals surface area (Å²) in [7, 11) is -3.14. The average molecular weight is 1850 g/mol. The van der Waals surface area contributed by atoms with Crippen molar-refractivity contribution in [2.45, 2.75) is 263 Å². The normalized spacial score (nSPS) is 15.6. The largest absolute Gasteiger partial charge is 0.387 e. The molecule has 135 heavy (non-hydrogen) atoms. The molecule has 720 valence electrons. The molecule has 5 aliphatic heterocycles. The van der Waals surface area contributed by atoms with Gasteiger partial charge in [-0.1, -0.05) is 147 Å². The molecular formula is C108H144N18O8S. The van der Waals surface area contributed by atoms with Crippen molar-refractivity contribution in [2.24, 2.45) is 27.1 Å². The molecule has 0 aliphatic carbocycles. The number of fused-ring (bicyclic) bond motifs is 8. The van der Waals surface area contributed by atoms with Gasteiger partial charge in [-0.25, -0.2) is 38.1 Å². The Morgan fingerprint density at radius 1 is 0.556 bits per heavy atom. The summed E-state index contributed by atoms with van der Waals surface area (Å²) in [6, 6.07) is 44.1. The first-order valence-electron chi connectivity index (χ1n) is 48.8. The smallest absolute Gasteiger partial charge is 0.253 e. The lowest BCUT2D eigenvalue weighted by Gasteiger charge is -2.36. The molecule has 4 aromatic heterocycles. The number of carbonyl (C=O) groups excluding carboxylic acids is 6. The van der Waals surface area contributed by atoms with Gasteiger partial charge < -0.3 is 50.8 Å². The van der Waals surface area contributed by atoms with E-state index in [1.165, 1.54) is 11.2 Å². The molecule has 5 aliphatic rings. The first-order valence-corrected chi connectivity index (χ1v) is 50.7. The van der Waals surface area contributed by atoms with E-state index < -0.39 is 10.0 Å². The molecule has 0 saturated carbocycles. The Labute approximate surface area is 799 Å².